The second-order valence-corrected chi connectivity index (χ2v) is 3.56. The highest BCUT2D eigenvalue weighted by Crippen LogP contribution is 2.23. The van der Waals surface area contributed by atoms with Crippen LogP contribution in [0.4, 0.5) is 0 Å². The predicted octanol–water partition coefficient (Wildman–Crippen LogP) is 1.98. The third kappa shape index (κ3) is 2.13. The molecule has 2 rings (SSSR count). The zero-order chi connectivity index (χ0) is 14.4. The largest absolute Gasteiger partial charge is 0.508 e. The Kier molecular flexibility index (Phi) is 1.63. The summed E-state index contributed by atoms with van der Waals surface area (Å²) in [6, 6.07) is 4.57. The summed E-state index contributed by atoms with van der Waals surface area (Å²) in [7, 11) is 2.98. The van der Waals surface area contributed by atoms with Gasteiger partial charge in [-0.15, -0.1) is 0 Å². The Balaban J connectivity index is 2.64. The van der Waals surface area contributed by atoms with Crippen LogP contribution < -0.4 is 0 Å². The van der Waals surface area contributed by atoms with Crippen molar-refractivity contribution in [1.29, 1.82) is 0 Å². The number of phenols is 1. The molecular weight excluding hydrogens is 188 g/mol. The summed E-state index contributed by atoms with van der Waals surface area (Å²) in [5.74, 6) is 0.0227. The van der Waals surface area contributed by atoms with Crippen LogP contribution in [0.2, 0.25) is 0 Å². The maximum atomic E-state index is 9.51. The summed E-state index contributed by atoms with van der Waals surface area (Å²) in [4.78, 5) is 4.10. The van der Waals surface area contributed by atoms with E-state index in [1.807, 2.05) is 0 Å². The van der Waals surface area contributed by atoms with Gasteiger partial charge in [-0.05, 0) is 44.2 Å². The van der Waals surface area contributed by atoms with Crippen molar-refractivity contribution in [3.05, 3.63) is 30.0 Å². The van der Waals surface area contributed by atoms with Crippen LogP contribution in [-0.4, -0.2) is 35.6 Å². The second-order valence-electron chi connectivity index (χ2n) is 3.56. The quantitative estimate of drug-likeness (QED) is 0.809. The molecule has 0 saturated heterocycles. The Morgan fingerprint density at radius 2 is 2.27 bits per heavy atom. The van der Waals surface area contributed by atoms with Gasteiger partial charge < -0.3 is 15.0 Å². The molecule has 0 aliphatic carbocycles. The summed E-state index contributed by atoms with van der Waals surface area (Å²) in [5.41, 5.74) is 0.850. The van der Waals surface area contributed by atoms with E-state index < -0.39 is 12.9 Å². The monoisotopic (exact) mass is 208 g/mol. The third-order valence-corrected chi connectivity index (χ3v) is 2.08. The van der Waals surface area contributed by atoms with Gasteiger partial charge in [0.25, 0.3) is 0 Å². The van der Waals surface area contributed by atoms with Gasteiger partial charge in [0.15, 0.2) is 0 Å². The van der Waals surface area contributed by atoms with Gasteiger partial charge in [-0.2, -0.15) is 0 Å². The molecule has 3 nitrogen and oxygen atoms in total. The summed E-state index contributed by atoms with van der Waals surface area (Å²) in [6.45, 7) is -2.17. The van der Waals surface area contributed by atoms with Crippen LogP contribution in [0.25, 0.3) is 10.9 Å². The average Bonchev–Trinajstić information content (AvgIpc) is 2.71. The zero-order valence-electron chi connectivity index (χ0n) is 12.7. The number of aromatic amines is 1. The van der Waals surface area contributed by atoms with Crippen molar-refractivity contribution < 1.29 is 10.6 Å². The van der Waals surface area contributed by atoms with Crippen molar-refractivity contribution in [3.8, 4) is 5.75 Å². The molecule has 0 bridgehead atoms. The van der Waals surface area contributed by atoms with E-state index in [1.165, 1.54) is 37.3 Å². The van der Waals surface area contributed by atoms with Gasteiger partial charge in [0.05, 0.1) is 0 Å². The van der Waals surface area contributed by atoms with Crippen LogP contribution in [-0.2, 0) is 6.37 Å². The highest BCUT2D eigenvalue weighted by atomic mass is 16.3. The fourth-order valence-electron chi connectivity index (χ4n) is 1.38. The smallest absolute Gasteiger partial charge is 0.116 e. The molecule has 0 fully saturated rings. The number of hydrogen-bond donors (Lipinski definition) is 2. The van der Waals surface area contributed by atoms with Crippen LogP contribution in [0.1, 0.15) is 11.0 Å². The molecule has 3 heteroatoms. The first-order valence-electron chi connectivity index (χ1n) is 6.66. The first-order chi connectivity index (χ1) is 8.68. The number of hydrogen-bond acceptors (Lipinski definition) is 2. The maximum Gasteiger partial charge on any atom is 0.116 e. The van der Waals surface area contributed by atoms with E-state index in [-0.39, 0.29) is 11.3 Å². The summed E-state index contributed by atoms with van der Waals surface area (Å²) in [5, 5.41) is 9.99. The molecule has 15 heavy (non-hydrogen) atoms. The van der Waals surface area contributed by atoms with E-state index >= 15 is 0 Å². The zero-order valence-corrected chi connectivity index (χ0v) is 8.70. The fourth-order valence-corrected chi connectivity index (χ4v) is 1.38. The fraction of sp³-hybridized carbons (Fsp3) is 0.333. The molecule has 80 valence electrons. The van der Waals surface area contributed by atoms with Crippen LogP contribution in [0.3, 0.4) is 0 Å². The van der Waals surface area contributed by atoms with Gasteiger partial charge >= 0.3 is 0 Å². The van der Waals surface area contributed by atoms with Gasteiger partial charge in [-0.1, -0.05) is 0 Å². The highest BCUT2D eigenvalue weighted by Gasteiger charge is 2.04. The average molecular weight is 208 g/mol. The number of rotatable bonds is 3. The maximum absolute atomic E-state index is 9.51. The Morgan fingerprint density at radius 1 is 1.47 bits per heavy atom. The van der Waals surface area contributed by atoms with E-state index in [1.54, 1.807) is 6.07 Å². The number of aryl methyl sites for hydroxylation is 1. The molecule has 2 N–H and O–H groups in total. The number of H-pyrrole nitrogens is 1. The molecule has 2 aromatic rings. The number of likely N-dealkylation sites (N-methyl/N-ethyl adjacent to an activating group) is 1. The molecule has 0 amide bonds. The number of nitrogens with one attached hydrogen (secondary N) is 1. The lowest BCUT2D eigenvalue weighted by Gasteiger charge is -2.08. The van der Waals surface area contributed by atoms with Gasteiger partial charge in [0, 0.05) is 29.1 Å². The van der Waals surface area contributed by atoms with Crippen molar-refractivity contribution in [1.82, 2.24) is 9.88 Å². The molecule has 0 aliphatic heterocycles. The van der Waals surface area contributed by atoms with E-state index in [4.69, 9.17) is 5.48 Å². The molecule has 0 unspecified atom stereocenters. The normalized spacial score (nSPS) is 17.3. The first kappa shape index (κ1) is 6.18. The lowest BCUT2D eigenvalue weighted by Crippen LogP contribution is -2.14. The standard InChI is InChI=1S/C12H16N2O/c1-14(2)6-5-9-8-13-12-4-3-10(15)7-11(9)12/h3-4,7-8,13,15H,5-6H2,1-2H3/i5D2,6D2. The first-order valence-corrected chi connectivity index (χ1v) is 4.66. The minimum Gasteiger partial charge on any atom is -0.508 e. The van der Waals surface area contributed by atoms with Gasteiger partial charge in [0.2, 0.25) is 0 Å². The van der Waals surface area contributed by atoms with Crippen LogP contribution in [0.15, 0.2) is 24.4 Å². The Labute approximate surface area is 95.0 Å². The van der Waals surface area contributed by atoms with E-state index in [0.29, 0.717) is 10.9 Å². The summed E-state index contributed by atoms with van der Waals surface area (Å²) < 4.78 is 32.1. The molecule has 0 atom stereocenters. The molecule has 0 radical (unpaired) electrons. The number of aromatic hydroxyl groups is 1. The highest BCUT2D eigenvalue weighted by molar-refractivity contribution is 5.84. The van der Waals surface area contributed by atoms with Crippen LogP contribution in [0, 0.1) is 0 Å². The lowest BCUT2D eigenvalue weighted by molar-refractivity contribution is 0.414. The SMILES string of the molecule is [2H]C([2H])(c1c[nH]c2ccc(O)cc12)C([2H])([2H])N(C)C. The Morgan fingerprint density at radius 3 is 3.00 bits per heavy atom. The minimum absolute atomic E-state index is 0.0227. The topological polar surface area (TPSA) is 39.3 Å². The van der Waals surface area contributed by atoms with E-state index in [9.17, 15) is 5.11 Å². The molecular formula is C12H16N2O. The van der Waals surface area contributed by atoms with Gasteiger partial charge in [-0.3, -0.25) is 0 Å². The third-order valence-electron chi connectivity index (χ3n) is 2.08. The minimum atomic E-state index is -2.22. The molecule has 1 aromatic carbocycles. The van der Waals surface area contributed by atoms with Crippen molar-refractivity contribution >= 4 is 10.9 Å². The van der Waals surface area contributed by atoms with Crippen LogP contribution in [0.5, 0.6) is 5.75 Å². The Bertz CT molecular complexity index is 607. The molecule has 1 aromatic heterocycles. The molecule has 1 heterocycles. The van der Waals surface area contributed by atoms with Crippen molar-refractivity contribution in [2.45, 2.75) is 6.37 Å². The van der Waals surface area contributed by atoms with Gasteiger partial charge in [0.1, 0.15) is 5.75 Å². The van der Waals surface area contributed by atoms with Crippen molar-refractivity contribution in [2.24, 2.45) is 0 Å². The van der Waals surface area contributed by atoms with Crippen molar-refractivity contribution in [2.75, 3.05) is 20.6 Å². The van der Waals surface area contributed by atoms with E-state index in [2.05, 4.69) is 4.98 Å². The number of benzene rings is 1. The molecule has 0 spiro atoms. The number of phenolic OH excluding ortho intramolecular Hbond substituents is 1. The number of nitrogens with zero attached hydrogens (tertiary/aromatic N) is 1. The summed E-state index contributed by atoms with van der Waals surface area (Å²) >= 11 is 0. The second kappa shape index (κ2) is 3.95. The molecule has 0 aliphatic rings. The van der Waals surface area contributed by atoms with E-state index in [0.717, 1.165) is 0 Å². The van der Waals surface area contributed by atoms with Crippen molar-refractivity contribution in [3.63, 3.8) is 0 Å². The predicted molar refractivity (Wildman–Crippen MR) is 62.2 cm³/mol. The lowest BCUT2D eigenvalue weighted by atomic mass is 10.1. The molecule has 0 saturated carbocycles. The summed E-state index contributed by atoms with van der Waals surface area (Å²) in [6.07, 6.45) is -0.770. The number of fused-ring (bicyclic) bond motifs is 1. The van der Waals surface area contributed by atoms with Crippen LogP contribution >= 0.6 is 0 Å². The number of aromatic nitrogens is 1. The Hall–Kier alpha value is -1.48. The van der Waals surface area contributed by atoms with Gasteiger partial charge in [-0.25, -0.2) is 0 Å².